The van der Waals surface area contributed by atoms with Crippen LogP contribution in [0.1, 0.15) is 20.8 Å². The minimum Gasteiger partial charge on any atom is -0.376 e. The van der Waals surface area contributed by atoms with Gasteiger partial charge in [-0.3, -0.25) is 4.79 Å². The zero-order valence-electron chi connectivity index (χ0n) is 11.3. The van der Waals surface area contributed by atoms with Gasteiger partial charge >= 0.3 is 0 Å². The zero-order valence-corrected chi connectivity index (χ0v) is 12.1. The molecule has 0 saturated carbocycles. The Kier molecular flexibility index (Phi) is 5.20. The van der Waals surface area contributed by atoms with E-state index in [2.05, 4.69) is 16.7 Å². The van der Waals surface area contributed by atoms with Crippen LogP contribution in [-0.2, 0) is 4.79 Å². The summed E-state index contributed by atoms with van der Waals surface area (Å²) < 4.78 is 0. The smallest absolute Gasteiger partial charge is 0.240 e. The summed E-state index contributed by atoms with van der Waals surface area (Å²) in [6, 6.07) is 9.26. The Hall–Kier alpha value is -1.73. The summed E-state index contributed by atoms with van der Waals surface area (Å²) in [5.74, 6) is -0.189. The Labute approximate surface area is 118 Å². The van der Waals surface area contributed by atoms with E-state index in [0.29, 0.717) is 5.02 Å². The number of nitriles is 1. The van der Waals surface area contributed by atoms with Gasteiger partial charge in [0.2, 0.25) is 5.91 Å². The van der Waals surface area contributed by atoms with Crippen molar-refractivity contribution in [2.75, 3.05) is 11.9 Å². The number of amides is 1. The summed E-state index contributed by atoms with van der Waals surface area (Å²) in [7, 11) is 0. The van der Waals surface area contributed by atoms with Crippen molar-refractivity contribution < 1.29 is 4.79 Å². The second-order valence-electron chi connectivity index (χ2n) is 4.88. The Morgan fingerprint density at radius 1 is 1.53 bits per heavy atom. The van der Waals surface area contributed by atoms with Crippen molar-refractivity contribution in [1.82, 2.24) is 5.32 Å². The first-order valence-electron chi connectivity index (χ1n) is 6.09. The third-order valence-electron chi connectivity index (χ3n) is 3.06. The van der Waals surface area contributed by atoms with Crippen molar-refractivity contribution in [2.24, 2.45) is 5.92 Å². The van der Waals surface area contributed by atoms with Crippen molar-refractivity contribution in [1.29, 1.82) is 5.26 Å². The molecule has 5 heteroatoms. The molecule has 0 unspecified atom stereocenters. The third-order valence-corrected chi connectivity index (χ3v) is 3.30. The summed E-state index contributed by atoms with van der Waals surface area (Å²) >= 11 is 5.85. The molecule has 1 aromatic rings. The second kappa shape index (κ2) is 6.44. The molecule has 102 valence electrons. The molecule has 1 atom stereocenters. The summed E-state index contributed by atoms with van der Waals surface area (Å²) in [5, 5.41) is 15.4. The number of halogens is 1. The van der Waals surface area contributed by atoms with Gasteiger partial charge < -0.3 is 10.6 Å². The van der Waals surface area contributed by atoms with E-state index in [1.54, 1.807) is 25.1 Å². The summed E-state index contributed by atoms with van der Waals surface area (Å²) in [4.78, 5) is 11.8. The maximum absolute atomic E-state index is 11.8. The quantitative estimate of drug-likeness (QED) is 0.871. The van der Waals surface area contributed by atoms with Crippen LogP contribution in [0.5, 0.6) is 0 Å². The number of nitrogens with one attached hydrogen (secondary N) is 2. The van der Waals surface area contributed by atoms with Crippen molar-refractivity contribution in [3.8, 4) is 6.07 Å². The van der Waals surface area contributed by atoms with Gasteiger partial charge in [0, 0.05) is 10.7 Å². The predicted octanol–water partition coefficient (Wildman–Crippen LogP) is 2.81. The lowest BCUT2D eigenvalue weighted by molar-refractivity contribution is -0.121. The average Bonchev–Trinajstić information content (AvgIpc) is 2.36. The lowest BCUT2D eigenvalue weighted by Gasteiger charge is -2.27. The van der Waals surface area contributed by atoms with E-state index >= 15 is 0 Å². The van der Waals surface area contributed by atoms with E-state index in [1.165, 1.54) is 0 Å². The molecule has 4 nitrogen and oxygen atoms in total. The van der Waals surface area contributed by atoms with Gasteiger partial charge in [0.05, 0.1) is 12.6 Å². The Morgan fingerprint density at radius 3 is 2.74 bits per heavy atom. The number of hydrogen-bond donors (Lipinski definition) is 2. The van der Waals surface area contributed by atoms with Crippen molar-refractivity contribution in [3.63, 3.8) is 0 Å². The van der Waals surface area contributed by atoms with Gasteiger partial charge in [0.25, 0.3) is 0 Å². The van der Waals surface area contributed by atoms with E-state index in [1.807, 2.05) is 19.9 Å². The molecule has 0 fully saturated rings. The monoisotopic (exact) mass is 279 g/mol. The molecule has 0 aliphatic carbocycles. The number of anilines is 1. The van der Waals surface area contributed by atoms with Crippen LogP contribution in [-0.4, -0.2) is 18.0 Å². The van der Waals surface area contributed by atoms with E-state index in [0.717, 1.165) is 5.69 Å². The summed E-state index contributed by atoms with van der Waals surface area (Å²) in [5.41, 5.74) is -0.0848. The van der Waals surface area contributed by atoms with Gasteiger partial charge in [-0.1, -0.05) is 31.5 Å². The van der Waals surface area contributed by atoms with Gasteiger partial charge in [0.1, 0.15) is 5.54 Å². The maximum atomic E-state index is 11.8. The van der Waals surface area contributed by atoms with Crippen LogP contribution in [0.15, 0.2) is 24.3 Å². The van der Waals surface area contributed by atoms with E-state index in [9.17, 15) is 4.79 Å². The third kappa shape index (κ3) is 4.46. The highest BCUT2D eigenvalue weighted by Gasteiger charge is 2.29. The van der Waals surface area contributed by atoms with Gasteiger partial charge in [-0.15, -0.1) is 0 Å². The molecule has 19 heavy (non-hydrogen) atoms. The van der Waals surface area contributed by atoms with Gasteiger partial charge in [-0.2, -0.15) is 5.26 Å². The first-order valence-corrected chi connectivity index (χ1v) is 6.47. The number of rotatable bonds is 5. The Bertz CT molecular complexity index is 496. The normalized spacial score (nSPS) is 13.5. The van der Waals surface area contributed by atoms with Gasteiger partial charge in [-0.25, -0.2) is 0 Å². The molecule has 0 bridgehead atoms. The van der Waals surface area contributed by atoms with E-state index in [4.69, 9.17) is 16.9 Å². The number of hydrogen-bond acceptors (Lipinski definition) is 3. The maximum Gasteiger partial charge on any atom is 0.240 e. The topological polar surface area (TPSA) is 64.9 Å². The summed E-state index contributed by atoms with van der Waals surface area (Å²) in [6.07, 6.45) is 0. The molecule has 0 spiro atoms. The van der Waals surface area contributed by atoms with Crippen molar-refractivity contribution in [3.05, 3.63) is 29.3 Å². The molecule has 1 rings (SSSR count). The van der Waals surface area contributed by atoms with Crippen LogP contribution in [0, 0.1) is 17.2 Å². The fraction of sp³-hybridized carbons (Fsp3) is 0.429. The number of benzene rings is 1. The molecule has 0 aliphatic heterocycles. The average molecular weight is 280 g/mol. The number of carbonyl (C=O) groups is 1. The first kappa shape index (κ1) is 15.3. The highest BCUT2D eigenvalue weighted by molar-refractivity contribution is 6.30. The standard InChI is InChI=1S/C14H18ClN3O/c1-10(2)14(3,9-16)18-13(19)8-17-12-6-4-5-11(15)7-12/h4-7,10,17H,8H2,1-3H3,(H,18,19)/t14-/m1/s1. The highest BCUT2D eigenvalue weighted by Crippen LogP contribution is 2.16. The molecule has 0 saturated heterocycles. The van der Waals surface area contributed by atoms with Crippen LogP contribution in [0.25, 0.3) is 0 Å². The zero-order chi connectivity index (χ0) is 14.5. The van der Waals surface area contributed by atoms with Crippen molar-refractivity contribution in [2.45, 2.75) is 26.3 Å². The molecular weight excluding hydrogens is 262 g/mol. The van der Waals surface area contributed by atoms with Crippen LogP contribution < -0.4 is 10.6 Å². The molecule has 0 aromatic heterocycles. The molecule has 1 aromatic carbocycles. The van der Waals surface area contributed by atoms with Crippen LogP contribution in [0.3, 0.4) is 0 Å². The Balaban J connectivity index is 2.55. The second-order valence-corrected chi connectivity index (χ2v) is 5.32. The first-order chi connectivity index (χ1) is 8.87. The minimum atomic E-state index is -0.854. The van der Waals surface area contributed by atoms with Crippen LogP contribution in [0.4, 0.5) is 5.69 Å². The fourth-order valence-corrected chi connectivity index (χ4v) is 1.61. The Morgan fingerprint density at radius 2 is 2.21 bits per heavy atom. The molecular formula is C14H18ClN3O. The SMILES string of the molecule is CC(C)[C@@](C)(C#N)NC(=O)CNc1cccc(Cl)c1. The van der Waals surface area contributed by atoms with Gasteiger partial charge in [-0.05, 0) is 31.0 Å². The molecule has 0 radical (unpaired) electrons. The lowest BCUT2D eigenvalue weighted by atomic mass is 9.90. The molecule has 1 amide bonds. The molecule has 0 aliphatic rings. The molecule has 0 heterocycles. The number of nitrogens with zero attached hydrogens (tertiary/aromatic N) is 1. The van der Waals surface area contributed by atoms with Crippen LogP contribution in [0.2, 0.25) is 5.02 Å². The van der Waals surface area contributed by atoms with Crippen LogP contribution >= 0.6 is 11.6 Å². The lowest BCUT2D eigenvalue weighted by Crippen LogP contribution is -2.50. The molecule has 2 N–H and O–H groups in total. The number of carbonyl (C=O) groups excluding carboxylic acids is 1. The minimum absolute atomic E-state index is 0.0348. The predicted molar refractivity (Wildman–Crippen MR) is 76.9 cm³/mol. The fourth-order valence-electron chi connectivity index (χ4n) is 1.42. The van der Waals surface area contributed by atoms with Gasteiger partial charge in [0.15, 0.2) is 0 Å². The van der Waals surface area contributed by atoms with Crippen molar-refractivity contribution >= 4 is 23.2 Å². The largest absolute Gasteiger partial charge is 0.376 e. The summed E-state index contributed by atoms with van der Waals surface area (Å²) in [6.45, 7) is 5.61. The van der Waals surface area contributed by atoms with E-state index in [-0.39, 0.29) is 18.4 Å². The van der Waals surface area contributed by atoms with E-state index < -0.39 is 5.54 Å². The highest BCUT2D eigenvalue weighted by atomic mass is 35.5.